The second-order valence-electron chi connectivity index (χ2n) is 1.49. The first kappa shape index (κ1) is 11.7. The summed E-state index contributed by atoms with van der Waals surface area (Å²) >= 11 is 0. The maximum absolute atomic E-state index is 3.72. The summed E-state index contributed by atoms with van der Waals surface area (Å²) in [4.78, 5) is 0. The molecule has 0 radical (unpaired) electrons. The minimum Gasteiger partial charge on any atom is -0.693 e. The van der Waals surface area contributed by atoms with Crippen molar-refractivity contribution >= 4 is 0 Å². The quantitative estimate of drug-likeness (QED) is 0.519. The molecule has 0 aromatic heterocycles. The molecule has 0 atom stereocenters. The van der Waals surface area contributed by atoms with Gasteiger partial charge in [0, 0.05) is 25.8 Å². The van der Waals surface area contributed by atoms with Gasteiger partial charge in [-0.05, 0) is 0 Å². The van der Waals surface area contributed by atoms with Gasteiger partial charge < -0.3 is 6.15 Å². The van der Waals surface area contributed by atoms with E-state index in [0.717, 1.165) is 5.56 Å². The van der Waals surface area contributed by atoms with Crippen LogP contribution in [0.1, 0.15) is 5.56 Å². The van der Waals surface area contributed by atoms with E-state index in [1.807, 2.05) is 30.3 Å². The van der Waals surface area contributed by atoms with Gasteiger partial charge in [-0.2, -0.15) is 24.6 Å². The zero-order valence-electron chi connectivity index (χ0n) is 5.17. The first-order valence-electron chi connectivity index (χ1n) is 2.26. The monoisotopic (exact) mass is 287 g/mol. The molecule has 0 fully saturated rings. The van der Waals surface area contributed by atoms with Crippen LogP contribution >= 0.6 is 0 Å². The molecule has 1 nitrogen and oxygen atoms in total. The fourth-order valence-electron chi connectivity index (χ4n) is 0.478. The van der Waals surface area contributed by atoms with Crippen LogP contribution < -0.4 is 0 Å². The van der Waals surface area contributed by atoms with Crippen LogP contribution in [0.2, 0.25) is 0 Å². The molecule has 0 heterocycles. The fourth-order valence-corrected chi connectivity index (χ4v) is 0.478. The molecule has 2 heteroatoms. The van der Waals surface area contributed by atoms with Crippen LogP contribution in [0, 0.1) is 6.92 Å². The molecule has 0 saturated carbocycles. The van der Waals surface area contributed by atoms with Gasteiger partial charge in [-0.15, -0.1) is 12.1 Å². The Labute approximate surface area is 74.8 Å². The standard InChI is InChI=1S/C7H7.Hf.H2N/c1-7-5-3-2-4-6-7;;/h2-6H,1H2;;1H2/q-1;;-1. The minimum atomic E-state index is 0. The molecule has 9 heavy (non-hydrogen) atoms. The van der Waals surface area contributed by atoms with E-state index in [-0.39, 0.29) is 32.0 Å². The molecule has 0 bridgehead atoms. The summed E-state index contributed by atoms with van der Waals surface area (Å²) in [6.45, 7) is 3.72. The zero-order valence-corrected chi connectivity index (χ0v) is 8.76. The van der Waals surface area contributed by atoms with Crippen molar-refractivity contribution in [3.05, 3.63) is 49.0 Å². The maximum atomic E-state index is 3.72. The number of hydrogen-bond acceptors (Lipinski definition) is 0. The summed E-state index contributed by atoms with van der Waals surface area (Å²) in [5, 5.41) is 0. The Kier molecular flexibility index (Phi) is 7.85. The Morgan fingerprint density at radius 1 is 1.00 bits per heavy atom. The van der Waals surface area contributed by atoms with Gasteiger partial charge in [-0.25, -0.2) is 0 Å². The van der Waals surface area contributed by atoms with E-state index in [2.05, 4.69) is 6.92 Å². The molecule has 0 aliphatic carbocycles. The minimum absolute atomic E-state index is 0. The van der Waals surface area contributed by atoms with Gasteiger partial charge in [0.25, 0.3) is 0 Å². The zero-order chi connectivity index (χ0) is 5.11. The van der Waals surface area contributed by atoms with E-state index in [4.69, 9.17) is 0 Å². The van der Waals surface area contributed by atoms with Gasteiger partial charge in [0.1, 0.15) is 0 Å². The molecule has 0 amide bonds. The van der Waals surface area contributed by atoms with E-state index >= 15 is 0 Å². The van der Waals surface area contributed by atoms with Crippen molar-refractivity contribution in [2.75, 3.05) is 0 Å². The van der Waals surface area contributed by atoms with Crippen molar-refractivity contribution in [3.63, 3.8) is 0 Å². The number of rotatable bonds is 0. The second-order valence-corrected chi connectivity index (χ2v) is 1.49. The molecule has 1 aromatic rings. The average molecular weight is 286 g/mol. The van der Waals surface area contributed by atoms with Crippen LogP contribution in [0.4, 0.5) is 0 Å². The Hall–Kier alpha value is -0.0799. The number of hydrogen-bond donors (Lipinski definition) is 0. The summed E-state index contributed by atoms with van der Waals surface area (Å²) < 4.78 is 0. The molecule has 0 saturated heterocycles. The SMILES string of the molecule is [CH2-]c1ccccc1.[Hf].[NH2-]. The smallest absolute Gasteiger partial charge is 0 e. The first-order valence-corrected chi connectivity index (χ1v) is 2.26. The fraction of sp³-hybridized carbons (Fsp3) is 0. The Morgan fingerprint density at radius 3 is 1.67 bits per heavy atom. The number of benzene rings is 1. The molecular weight excluding hydrogens is 277 g/mol. The van der Waals surface area contributed by atoms with Gasteiger partial charge >= 0.3 is 0 Å². The third kappa shape index (κ3) is 4.43. The summed E-state index contributed by atoms with van der Waals surface area (Å²) in [5.41, 5.74) is 1.07. The summed E-state index contributed by atoms with van der Waals surface area (Å²) in [6.07, 6.45) is 0. The van der Waals surface area contributed by atoms with Crippen LogP contribution in [-0.4, -0.2) is 0 Å². The Morgan fingerprint density at radius 2 is 1.44 bits per heavy atom. The first-order chi connectivity index (χ1) is 3.39. The van der Waals surface area contributed by atoms with Crippen molar-refractivity contribution in [1.82, 2.24) is 0 Å². The van der Waals surface area contributed by atoms with Crippen LogP contribution in [-0.2, 0) is 25.8 Å². The summed E-state index contributed by atoms with van der Waals surface area (Å²) in [7, 11) is 0. The molecule has 2 N–H and O–H groups in total. The molecule has 48 valence electrons. The third-order valence-electron chi connectivity index (χ3n) is 0.843. The van der Waals surface area contributed by atoms with E-state index in [1.54, 1.807) is 0 Å². The van der Waals surface area contributed by atoms with Gasteiger partial charge in [0.2, 0.25) is 0 Å². The summed E-state index contributed by atoms with van der Waals surface area (Å²) in [5.74, 6) is 0. The predicted molar refractivity (Wildman–Crippen MR) is 36.2 cm³/mol. The summed E-state index contributed by atoms with van der Waals surface area (Å²) in [6, 6.07) is 9.87. The van der Waals surface area contributed by atoms with E-state index in [1.165, 1.54) is 0 Å². The van der Waals surface area contributed by atoms with Crippen molar-refractivity contribution in [3.8, 4) is 0 Å². The predicted octanol–water partition coefficient (Wildman–Crippen LogP) is 2.58. The van der Waals surface area contributed by atoms with Crippen molar-refractivity contribution in [1.29, 1.82) is 0 Å². The molecule has 0 aliphatic rings. The molecule has 1 aromatic carbocycles. The van der Waals surface area contributed by atoms with Crippen LogP contribution in [0.3, 0.4) is 0 Å². The van der Waals surface area contributed by atoms with Crippen LogP contribution in [0.25, 0.3) is 6.15 Å². The van der Waals surface area contributed by atoms with E-state index in [0.29, 0.717) is 0 Å². The third-order valence-corrected chi connectivity index (χ3v) is 0.843. The molecular formula is C7H9HfN-2. The largest absolute Gasteiger partial charge is 0.693 e. The van der Waals surface area contributed by atoms with Crippen molar-refractivity contribution < 1.29 is 25.8 Å². The Bertz CT molecular complexity index is 139. The second kappa shape index (κ2) is 6.05. The molecule has 1 rings (SSSR count). The average Bonchev–Trinajstić information content (AvgIpc) is 1.69. The van der Waals surface area contributed by atoms with Gasteiger partial charge in [-0.1, -0.05) is 6.07 Å². The Balaban J connectivity index is 0. The van der Waals surface area contributed by atoms with Gasteiger partial charge in [-0.3, -0.25) is 0 Å². The van der Waals surface area contributed by atoms with E-state index < -0.39 is 0 Å². The topological polar surface area (TPSA) is 33.5 Å². The maximum Gasteiger partial charge on any atom is 0 e. The van der Waals surface area contributed by atoms with Crippen LogP contribution in [0.5, 0.6) is 0 Å². The number of nitrogens with two attached hydrogens (primary N) is 1. The molecule has 0 aliphatic heterocycles. The van der Waals surface area contributed by atoms with Crippen molar-refractivity contribution in [2.45, 2.75) is 0 Å². The van der Waals surface area contributed by atoms with Crippen LogP contribution in [0.15, 0.2) is 30.3 Å². The van der Waals surface area contributed by atoms with Gasteiger partial charge in [0.05, 0.1) is 0 Å². The molecule has 0 unspecified atom stereocenters. The normalized spacial score (nSPS) is 6.67. The van der Waals surface area contributed by atoms with Crippen molar-refractivity contribution in [2.24, 2.45) is 0 Å². The van der Waals surface area contributed by atoms with E-state index in [9.17, 15) is 0 Å². The van der Waals surface area contributed by atoms with Gasteiger partial charge in [0.15, 0.2) is 0 Å². The molecule has 0 spiro atoms.